The second-order valence-electron chi connectivity index (χ2n) is 2.88. The van der Waals surface area contributed by atoms with Gasteiger partial charge in [-0.15, -0.1) is 0 Å². The van der Waals surface area contributed by atoms with Gasteiger partial charge >= 0.3 is 5.69 Å². The number of nitro groups is 1. The summed E-state index contributed by atoms with van der Waals surface area (Å²) in [5.74, 6) is -0.839. The molecule has 76 valence electrons. The number of primary amides is 1. The third-order valence-corrected chi connectivity index (χ3v) is 2.01. The van der Waals surface area contributed by atoms with Crippen molar-refractivity contribution in [2.24, 2.45) is 5.73 Å². The SMILES string of the molecule is NC(=O)c1c([N+](=O)[O-])cnc2[nH]ccc12. The predicted molar refractivity (Wildman–Crippen MR) is 51.3 cm³/mol. The van der Waals surface area contributed by atoms with Gasteiger partial charge in [-0.1, -0.05) is 0 Å². The van der Waals surface area contributed by atoms with E-state index in [2.05, 4.69) is 9.97 Å². The highest BCUT2D eigenvalue weighted by Crippen LogP contribution is 2.24. The lowest BCUT2D eigenvalue weighted by Gasteiger charge is -1.99. The van der Waals surface area contributed by atoms with Gasteiger partial charge in [0.1, 0.15) is 17.4 Å². The highest BCUT2D eigenvalue weighted by Gasteiger charge is 2.22. The molecule has 15 heavy (non-hydrogen) atoms. The average molecular weight is 206 g/mol. The number of carbonyl (C=O) groups excluding carboxylic acids is 1. The Morgan fingerprint density at radius 2 is 2.33 bits per heavy atom. The minimum atomic E-state index is -0.839. The second-order valence-corrected chi connectivity index (χ2v) is 2.88. The molecular weight excluding hydrogens is 200 g/mol. The van der Waals surface area contributed by atoms with E-state index in [1.807, 2.05) is 0 Å². The molecule has 0 aliphatic rings. The van der Waals surface area contributed by atoms with Crippen molar-refractivity contribution >= 4 is 22.6 Å². The first-order valence-corrected chi connectivity index (χ1v) is 4.01. The number of H-pyrrole nitrogens is 1. The maximum Gasteiger partial charge on any atom is 0.301 e. The Morgan fingerprint density at radius 1 is 1.60 bits per heavy atom. The van der Waals surface area contributed by atoms with E-state index in [1.165, 1.54) is 12.3 Å². The van der Waals surface area contributed by atoms with E-state index in [-0.39, 0.29) is 11.3 Å². The van der Waals surface area contributed by atoms with Crippen LogP contribution < -0.4 is 5.73 Å². The molecule has 0 unspecified atom stereocenters. The van der Waals surface area contributed by atoms with E-state index in [0.29, 0.717) is 11.0 Å². The normalized spacial score (nSPS) is 10.4. The van der Waals surface area contributed by atoms with Crippen molar-refractivity contribution in [2.45, 2.75) is 0 Å². The van der Waals surface area contributed by atoms with Crippen LogP contribution in [0.3, 0.4) is 0 Å². The molecule has 2 aromatic heterocycles. The molecule has 0 aliphatic heterocycles. The number of nitrogens with one attached hydrogen (secondary N) is 1. The van der Waals surface area contributed by atoms with Crippen molar-refractivity contribution in [3.05, 3.63) is 34.1 Å². The molecule has 0 saturated carbocycles. The zero-order valence-electron chi connectivity index (χ0n) is 7.43. The van der Waals surface area contributed by atoms with E-state index in [0.717, 1.165) is 6.20 Å². The molecular formula is C8H6N4O3. The van der Waals surface area contributed by atoms with E-state index < -0.39 is 10.8 Å². The molecule has 0 atom stereocenters. The van der Waals surface area contributed by atoms with Gasteiger partial charge in [0.25, 0.3) is 5.91 Å². The number of hydrogen-bond donors (Lipinski definition) is 2. The van der Waals surface area contributed by atoms with Crippen molar-refractivity contribution in [3.8, 4) is 0 Å². The van der Waals surface area contributed by atoms with Crippen LogP contribution in [0, 0.1) is 10.1 Å². The number of hydrogen-bond acceptors (Lipinski definition) is 4. The van der Waals surface area contributed by atoms with Crippen LogP contribution in [0.2, 0.25) is 0 Å². The number of nitrogens with two attached hydrogens (primary N) is 1. The lowest BCUT2D eigenvalue weighted by molar-refractivity contribution is -0.385. The Kier molecular flexibility index (Phi) is 1.86. The fourth-order valence-corrected chi connectivity index (χ4v) is 1.39. The van der Waals surface area contributed by atoms with E-state index >= 15 is 0 Å². The Labute approximate surface area is 83.1 Å². The molecule has 0 aliphatic carbocycles. The zero-order valence-corrected chi connectivity index (χ0v) is 7.43. The Balaban J connectivity index is 2.87. The number of pyridine rings is 1. The van der Waals surface area contributed by atoms with Gasteiger partial charge in [-0.3, -0.25) is 14.9 Å². The molecule has 2 aromatic rings. The molecule has 0 spiro atoms. The number of aromatic nitrogens is 2. The van der Waals surface area contributed by atoms with Crippen molar-refractivity contribution in [1.82, 2.24) is 9.97 Å². The third kappa shape index (κ3) is 1.30. The fraction of sp³-hybridized carbons (Fsp3) is 0. The van der Waals surface area contributed by atoms with Crippen LogP contribution in [0.5, 0.6) is 0 Å². The minimum Gasteiger partial charge on any atom is -0.365 e. The second kappa shape index (κ2) is 3.05. The van der Waals surface area contributed by atoms with Crippen LogP contribution in [0.15, 0.2) is 18.5 Å². The summed E-state index contributed by atoms with van der Waals surface area (Å²) in [5, 5.41) is 11.0. The summed E-state index contributed by atoms with van der Waals surface area (Å²) in [6.07, 6.45) is 2.55. The molecule has 0 aromatic carbocycles. The topological polar surface area (TPSA) is 115 Å². The number of amides is 1. The van der Waals surface area contributed by atoms with Gasteiger partial charge in [-0.2, -0.15) is 0 Å². The summed E-state index contributed by atoms with van der Waals surface area (Å²) in [6.45, 7) is 0. The van der Waals surface area contributed by atoms with Crippen molar-refractivity contribution in [3.63, 3.8) is 0 Å². The average Bonchev–Trinajstić information content (AvgIpc) is 2.62. The molecule has 0 fully saturated rings. The minimum absolute atomic E-state index is 0.119. The van der Waals surface area contributed by atoms with Crippen molar-refractivity contribution < 1.29 is 9.72 Å². The smallest absolute Gasteiger partial charge is 0.301 e. The number of rotatable bonds is 2. The predicted octanol–water partition coefficient (Wildman–Crippen LogP) is 0.570. The van der Waals surface area contributed by atoms with Crippen LogP contribution in [-0.2, 0) is 0 Å². The Morgan fingerprint density at radius 3 is 2.93 bits per heavy atom. The molecule has 7 heteroatoms. The van der Waals surface area contributed by atoms with Crippen LogP contribution in [-0.4, -0.2) is 20.8 Å². The molecule has 0 bridgehead atoms. The number of nitrogens with zero attached hydrogens (tertiary/aromatic N) is 2. The first kappa shape index (κ1) is 9.13. The van der Waals surface area contributed by atoms with Gasteiger partial charge < -0.3 is 10.7 Å². The zero-order chi connectivity index (χ0) is 11.0. The first-order chi connectivity index (χ1) is 7.11. The molecule has 1 amide bonds. The monoisotopic (exact) mass is 206 g/mol. The fourth-order valence-electron chi connectivity index (χ4n) is 1.39. The molecule has 2 rings (SSSR count). The summed E-state index contributed by atoms with van der Waals surface area (Å²) < 4.78 is 0. The maximum atomic E-state index is 11.1. The number of fused-ring (bicyclic) bond motifs is 1. The molecule has 3 N–H and O–H groups in total. The summed E-state index contributed by atoms with van der Waals surface area (Å²) in [7, 11) is 0. The van der Waals surface area contributed by atoms with E-state index in [1.54, 1.807) is 0 Å². The van der Waals surface area contributed by atoms with Gasteiger partial charge in [-0.25, -0.2) is 4.98 Å². The van der Waals surface area contributed by atoms with Crippen LogP contribution in [0.1, 0.15) is 10.4 Å². The standard InChI is InChI=1S/C8H6N4O3/c9-7(13)6-4-1-2-10-8(4)11-3-5(6)12(14)15/h1-3H,(H2,9,13)(H,10,11). The lowest BCUT2D eigenvalue weighted by atomic mass is 10.1. The van der Waals surface area contributed by atoms with Crippen LogP contribution in [0.4, 0.5) is 5.69 Å². The highest BCUT2D eigenvalue weighted by atomic mass is 16.6. The number of carbonyl (C=O) groups is 1. The third-order valence-electron chi connectivity index (χ3n) is 2.01. The molecule has 0 radical (unpaired) electrons. The lowest BCUT2D eigenvalue weighted by Crippen LogP contribution is -2.14. The summed E-state index contributed by atoms with van der Waals surface area (Å²) in [5.41, 5.74) is 4.99. The molecule has 2 heterocycles. The number of aromatic amines is 1. The van der Waals surface area contributed by atoms with Crippen LogP contribution in [0.25, 0.3) is 11.0 Å². The van der Waals surface area contributed by atoms with Gasteiger partial charge in [0.2, 0.25) is 0 Å². The summed E-state index contributed by atoms with van der Waals surface area (Å²) >= 11 is 0. The van der Waals surface area contributed by atoms with E-state index in [9.17, 15) is 14.9 Å². The van der Waals surface area contributed by atoms with E-state index in [4.69, 9.17) is 5.73 Å². The Bertz CT molecular complexity index is 560. The van der Waals surface area contributed by atoms with Gasteiger partial charge in [0, 0.05) is 11.6 Å². The van der Waals surface area contributed by atoms with Gasteiger partial charge in [0.05, 0.1) is 4.92 Å². The summed E-state index contributed by atoms with van der Waals surface area (Å²) in [4.78, 5) is 27.6. The quantitative estimate of drug-likeness (QED) is 0.551. The maximum absolute atomic E-state index is 11.1. The first-order valence-electron chi connectivity index (χ1n) is 4.01. The highest BCUT2D eigenvalue weighted by molar-refractivity contribution is 6.08. The molecule has 7 nitrogen and oxygen atoms in total. The molecule has 0 saturated heterocycles. The summed E-state index contributed by atoms with van der Waals surface area (Å²) in [6, 6.07) is 1.52. The van der Waals surface area contributed by atoms with Gasteiger partial charge in [0.15, 0.2) is 0 Å². The van der Waals surface area contributed by atoms with Crippen LogP contribution >= 0.6 is 0 Å². The van der Waals surface area contributed by atoms with Gasteiger partial charge in [-0.05, 0) is 6.07 Å². The Hall–Kier alpha value is -2.44. The van der Waals surface area contributed by atoms with Crippen molar-refractivity contribution in [1.29, 1.82) is 0 Å². The largest absolute Gasteiger partial charge is 0.365 e. The van der Waals surface area contributed by atoms with Crippen molar-refractivity contribution in [2.75, 3.05) is 0 Å².